The maximum atomic E-state index is 13.3. The number of anilines is 1. The summed E-state index contributed by atoms with van der Waals surface area (Å²) in [5.41, 5.74) is 7.26. The summed E-state index contributed by atoms with van der Waals surface area (Å²) in [5, 5.41) is 9.06. The van der Waals surface area contributed by atoms with Crippen LogP contribution in [0.15, 0.2) is 48.5 Å². The summed E-state index contributed by atoms with van der Waals surface area (Å²) in [7, 11) is 0. The van der Waals surface area contributed by atoms with E-state index in [4.69, 9.17) is 5.11 Å². The molecule has 0 bridgehead atoms. The molecular weight excluding hydrogens is 219 g/mol. The summed E-state index contributed by atoms with van der Waals surface area (Å²) in [4.78, 5) is 0. The van der Waals surface area contributed by atoms with Crippen molar-refractivity contribution in [3.8, 4) is 5.75 Å². The van der Waals surface area contributed by atoms with E-state index in [-0.39, 0.29) is 5.75 Å². The summed E-state index contributed by atoms with van der Waals surface area (Å²) in [5.74, 6) is -0.491. The normalized spacial score (nSPS) is 10.2. The van der Waals surface area contributed by atoms with Gasteiger partial charge in [0.25, 0.3) is 0 Å². The lowest BCUT2D eigenvalue weighted by molar-refractivity contribution is 0.467. The second kappa shape index (κ2) is 5.32. The first-order valence-corrected chi connectivity index (χ1v) is 5.27. The highest BCUT2D eigenvalue weighted by molar-refractivity contribution is 5.41. The smallest absolute Gasteiger partial charge is 0.131 e. The Hall–Kier alpha value is -2.07. The topological polar surface area (TPSA) is 44.3 Å². The van der Waals surface area contributed by atoms with Crippen LogP contribution in [0.3, 0.4) is 0 Å². The Morgan fingerprint density at radius 2 is 1.82 bits per heavy atom. The predicted octanol–water partition coefficient (Wildman–Crippen LogP) is 2.65. The minimum absolute atomic E-state index is 0.0673. The second-order valence-corrected chi connectivity index (χ2v) is 3.62. The molecule has 0 aliphatic heterocycles. The SMILES string of the molecule is Oc1ccc(CNNc2ccccc2)c(F)c1. The number of phenols is 1. The minimum atomic E-state index is -0.424. The molecule has 0 aliphatic rings. The zero-order valence-electron chi connectivity index (χ0n) is 9.15. The molecule has 88 valence electrons. The maximum absolute atomic E-state index is 13.3. The summed E-state index contributed by atoms with van der Waals surface area (Å²) in [6, 6.07) is 13.6. The number of rotatable bonds is 4. The van der Waals surface area contributed by atoms with Gasteiger partial charge in [0.1, 0.15) is 11.6 Å². The Morgan fingerprint density at radius 1 is 1.06 bits per heavy atom. The van der Waals surface area contributed by atoms with E-state index in [2.05, 4.69) is 10.9 Å². The predicted molar refractivity (Wildman–Crippen MR) is 65.0 cm³/mol. The van der Waals surface area contributed by atoms with Gasteiger partial charge in [0.05, 0.1) is 0 Å². The maximum Gasteiger partial charge on any atom is 0.131 e. The first kappa shape index (κ1) is 11.4. The van der Waals surface area contributed by atoms with Gasteiger partial charge in [-0.05, 0) is 18.2 Å². The van der Waals surface area contributed by atoms with Crippen molar-refractivity contribution in [1.82, 2.24) is 5.43 Å². The van der Waals surface area contributed by atoms with Crippen molar-refractivity contribution in [2.75, 3.05) is 5.43 Å². The van der Waals surface area contributed by atoms with Crippen molar-refractivity contribution < 1.29 is 9.50 Å². The van der Waals surface area contributed by atoms with E-state index in [1.807, 2.05) is 30.3 Å². The Morgan fingerprint density at radius 3 is 2.53 bits per heavy atom. The van der Waals surface area contributed by atoms with Gasteiger partial charge in [-0.2, -0.15) is 0 Å². The van der Waals surface area contributed by atoms with Crippen molar-refractivity contribution in [3.05, 3.63) is 59.9 Å². The molecule has 0 saturated heterocycles. The lowest BCUT2D eigenvalue weighted by atomic mass is 10.2. The van der Waals surface area contributed by atoms with Crippen LogP contribution in [0.1, 0.15) is 5.56 Å². The monoisotopic (exact) mass is 232 g/mol. The minimum Gasteiger partial charge on any atom is -0.508 e. The number of halogens is 1. The zero-order chi connectivity index (χ0) is 12.1. The number of hydrogen-bond donors (Lipinski definition) is 3. The van der Waals surface area contributed by atoms with Gasteiger partial charge in [0, 0.05) is 23.9 Å². The van der Waals surface area contributed by atoms with Gasteiger partial charge >= 0.3 is 0 Å². The highest BCUT2D eigenvalue weighted by atomic mass is 19.1. The average Bonchev–Trinajstić information content (AvgIpc) is 2.33. The molecule has 3 N–H and O–H groups in total. The molecule has 17 heavy (non-hydrogen) atoms. The molecule has 0 spiro atoms. The van der Waals surface area contributed by atoms with Gasteiger partial charge < -0.3 is 10.5 Å². The highest BCUT2D eigenvalue weighted by Gasteiger charge is 2.02. The second-order valence-electron chi connectivity index (χ2n) is 3.62. The van der Waals surface area contributed by atoms with Crippen molar-refractivity contribution in [3.63, 3.8) is 0 Å². The van der Waals surface area contributed by atoms with E-state index in [0.717, 1.165) is 11.8 Å². The Kier molecular flexibility index (Phi) is 3.57. The van der Waals surface area contributed by atoms with Crippen molar-refractivity contribution >= 4 is 5.69 Å². The van der Waals surface area contributed by atoms with Gasteiger partial charge in [-0.3, -0.25) is 0 Å². The fraction of sp³-hybridized carbons (Fsp3) is 0.0769. The quantitative estimate of drug-likeness (QED) is 0.710. The van der Waals surface area contributed by atoms with Crippen molar-refractivity contribution in [2.24, 2.45) is 0 Å². The van der Waals surface area contributed by atoms with Gasteiger partial charge in [-0.25, -0.2) is 9.82 Å². The number of hydrogen-bond acceptors (Lipinski definition) is 3. The molecule has 4 heteroatoms. The van der Waals surface area contributed by atoms with E-state index in [9.17, 15) is 4.39 Å². The van der Waals surface area contributed by atoms with Crippen LogP contribution in [0.5, 0.6) is 5.75 Å². The first-order chi connectivity index (χ1) is 8.25. The molecule has 0 radical (unpaired) electrons. The van der Waals surface area contributed by atoms with Crippen molar-refractivity contribution in [2.45, 2.75) is 6.54 Å². The van der Waals surface area contributed by atoms with Crippen LogP contribution < -0.4 is 10.9 Å². The number of phenolic OH excluding ortho intramolecular Hbond substituents is 1. The van der Waals surface area contributed by atoms with Crippen LogP contribution >= 0.6 is 0 Å². The highest BCUT2D eigenvalue weighted by Crippen LogP contribution is 2.14. The number of hydrazine groups is 1. The summed E-state index contributed by atoms with van der Waals surface area (Å²) in [6.45, 7) is 0.334. The van der Waals surface area contributed by atoms with Crippen LogP contribution in [0.25, 0.3) is 0 Å². The molecule has 0 saturated carbocycles. The molecule has 0 unspecified atom stereocenters. The number of aromatic hydroxyl groups is 1. The third-order valence-electron chi connectivity index (χ3n) is 2.32. The van der Waals surface area contributed by atoms with Crippen LogP contribution in [0.2, 0.25) is 0 Å². The fourth-order valence-electron chi connectivity index (χ4n) is 1.44. The zero-order valence-corrected chi connectivity index (χ0v) is 9.15. The number of nitrogens with one attached hydrogen (secondary N) is 2. The van der Waals surface area contributed by atoms with Crippen LogP contribution in [0.4, 0.5) is 10.1 Å². The van der Waals surface area contributed by atoms with Gasteiger partial charge in [0.15, 0.2) is 0 Å². The van der Waals surface area contributed by atoms with Gasteiger partial charge in [-0.15, -0.1) is 0 Å². The first-order valence-electron chi connectivity index (χ1n) is 5.27. The van der Waals surface area contributed by atoms with Crippen molar-refractivity contribution in [1.29, 1.82) is 0 Å². The Bertz CT molecular complexity index is 488. The van der Waals surface area contributed by atoms with E-state index in [0.29, 0.717) is 12.1 Å². The fourth-order valence-corrected chi connectivity index (χ4v) is 1.44. The molecule has 0 aromatic heterocycles. The van der Waals surface area contributed by atoms with Crippen LogP contribution in [-0.4, -0.2) is 5.11 Å². The Labute approximate surface area is 98.9 Å². The summed E-state index contributed by atoms with van der Waals surface area (Å²) in [6.07, 6.45) is 0. The van der Waals surface area contributed by atoms with E-state index in [1.54, 1.807) is 6.07 Å². The van der Waals surface area contributed by atoms with E-state index in [1.165, 1.54) is 6.07 Å². The van der Waals surface area contributed by atoms with Gasteiger partial charge in [-0.1, -0.05) is 24.3 Å². The van der Waals surface area contributed by atoms with E-state index < -0.39 is 5.82 Å². The third kappa shape index (κ3) is 3.19. The van der Waals surface area contributed by atoms with Gasteiger partial charge in [0.2, 0.25) is 0 Å². The molecule has 2 rings (SSSR count). The molecule has 0 aliphatic carbocycles. The third-order valence-corrected chi connectivity index (χ3v) is 2.32. The lowest BCUT2D eigenvalue weighted by Gasteiger charge is -2.09. The molecule has 0 amide bonds. The summed E-state index contributed by atoms with van der Waals surface area (Å²) >= 11 is 0. The molecule has 0 fully saturated rings. The molecule has 2 aromatic carbocycles. The lowest BCUT2D eigenvalue weighted by Crippen LogP contribution is -2.21. The molecule has 0 heterocycles. The van der Waals surface area contributed by atoms with Crippen LogP contribution in [0, 0.1) is 5.82 Å². The molecule has 0 atom stereocenters. The number of para-hydroxylation sites is 1. The standard InChI is InChI=1S/C13H13FN2O/c14-13-8-12(17)7-6-10(13)9-15-16-11-4-2-1-3-5-11/h1-8,15-17H,9H2. The molecular formula is C13H13FN2O. The number of benzene rings is 2. The molecule has 2 aromatic rings. The molecule has 3 nitrogen and oxygen atoms in total. The average molecular weight is 232 g/mol. The van der Waals surface area contributed by atoms with Crippen LogP contribution in [-0.2, 0) is 6.54 Å². The van der Waals surface area contributed by atoms with E-state index >= 15 is 0 Å². The summed E-state index contributed by atoms with van der Waals surface area (Å²) < 4.78 is 13.3. The largest absolute Gasteiger partial charge is 0.508 e. The Balaban J connectivity index is 1.90.